The van der Waals surface area contributed by atoms with Crippen LogP contribution in [0, 0.1) is 0 Å². The average molecular weight is 381 g/mol. The third-order valence-corrected chi connectivity index (χ3v) is 4.91. The van der Waals surface area contributed by atoms with Crippen molar-refractivity contribution in [3.05, 3.63) is 34.4 Å². The molecule has 0 fully saturated rings. The molecule has 122 valence electrons. The smallest absolute Gasteiger partial charge is 0.235 e. The zero-order valence-electron chi connectivity index (χ0n) is 12.6. The Morgan fingerprint density at radius 3 is 2.75 bits per heavy atom. The molecule has 0 aliphatic heterocycles. The first-order valence-corrected chi connectivity index (χ1v) is 8.39. The van der Waals surface area contributed by atoms with Crippen LogP contribution in [0.15, 0.2) is 24.4 Å². The predicted octanol–water partition coefficient (Wildman–Crippen LogP) is 3.57. The third-order valence-electron chi connectivity index (χ3n) is 3.49. The molecule has 0 N–H and O–H groups in total. The molecule has 0 saturated heterocycles. The number of rotatable bonds is 3. The summed E-state index contributed by atoms with van der Waals surface area (Å²) in [4.78, 5) is 0.638. The lowest BCUT2D eigenvalue weighted by Gasteiger charge is -2.06. The SMILES string of the molecule is COc1ccc(Cl)cc1-c1nnc2sc(-c3c(Cl)cnn3C)nn12. The fourth-order valence-corrected chi connectivity index (χ4v) is 3.80. The first kappa shape index (κ1) is 15.4. The van der Waals surface area contributed by atoms with Gasteiger partial charge in [-0.3, -0.25) is 4.68 Å². The molecule has 0 spiro atoms. The van der Waals surface area contributed by atoms with Crippen molar-refractivity contribution < 1.29 is 4.74 Å². The number of nitrogens with zero attached hydrogens (tertiary/aromatic N) is 6. The lowest BCUT2D eigenvalue weighted by molar-refractivity contribution is 0.416. The molecule has 0 unspecified atom stereocenters. The van der Waals surface area contributed by atoms with Gasteiger partial charge in [0.15, 0.2) is 10.8 Å². The summed E-state index contributed by atoms with van der Waals surface area (Å²) >= 11 is 13.7. The van der Waals surface area contributed by atoms with Crippen LogP contribution in [0.4, 0.5) is 0 Å². The van der Waals surface area contributed by atoms with Gasteiger partial charge >= 0.3 is 0 Å². The first-order valence-electron chi connectivity index (χ1n) is 6.82. The van der Waals surface area contributed by atoms with Crippen molar-refractivity contribution in [3.8, 4) is 27.8 Å². The number of benzene rings is 1. The van der Waals surface area contributed by atoms with Gasteiger partial charge < -0.3 is 4.74 Å². The van der Waals surface area contributed by atoms with Gasteiger partial charge in [0.1, 0.15) is 11.4 Å². The van der Waals surface area contributed by atoms with E-state index >= 15 is 0 Å². The van der Waals surface area contributed by atoms with Crippen molar-refractivity contribution in [3.63, 3.8) is 0 Å². The van der Waals surface area contributed by atoms with E-state index in [0.29, 0.717) is 37.2 Å². The highest BCUT2D eigenvalue weighted by Gasteiger charge is 2.20. The number of halogens is 2. The van der Waals surface area contributed by atoms with Crippen LogP contribution in [-0.4, -0.2) is 36.7 Å². The van der Waals surface area contributed by atoms with Gasteiger partial charge in [0.2, 0.25) is 4.96 Å². The Labute approximate surface area is 150 Å². The zero-order chi connectivity index (χ0) is 16.8. The lowest BCUT2D eigenvalue weighted by Crippen LogP contribution is -1.97. The minimum absolute atomic E-state index is 0.532. The van der Waals surface area contributed by atoms with Crippen molar-refractivity contribution in [2.24, 2.45) is 7.05 Å². The summed E-state index contributed by atoms with van der Waals surface area (Å²) in [5, 5.41) is 18.9. The van der Waals surface area contributed by atoms with E-state index in [1.165, 1.54) is 11.3 Å². The summed E-state index contributed by atoms with van der Waals surface area (Å²) in [6, 6.07) is 5.31. The molecule has 0 amide bonds. The highest BCUT2D eigenvalue weighted by molar-refractivity contribution is 7.19. The van der Waals surface area contributed by atoms with Crippen molar-refractivity contribution in [2.45, 2.75) is 0 Å². The summed E-state index contributed by atoms with van der Waals surface area (Å²) in [6.07, 6.45) is 1.58. The van der Waals surface area contributed by atoms with Crippen LogP contribution in [-0.2, 0) is 7.05 Å². The number of methoxy groups -OCH3 is 1. The molecular weight excluding hydrogens is 371 g/mol. The number of ether oxygens (including phenoxy) is 1. The summed E-state index contributed by atoms with van der Waals surface area (Å²) < 4.78 is 8.72. The molecule has 3 aromatic heterocycles. The molecule has 0 atom stereocenters. The molecule has 0 radical (unpaired) electrons. The zero-order valence-corrected chi connectivity index (χ0v) is 14.9. The number of hydrogen-bond acceptors (Lipinski definition) is 6. The summed E-state index contributed by atoms with van der Waals surface area (Å²) in [6.45, 7) is 0. The van der Waals surface area contributed by atoms with Gasteiger partial charge in [-0.1, -0.05) is 34.5 Å². The molecule has 0 aliphatic rings. The van der Waals surface area contributed by atoms with Crippen LogP contribution in [0.5, 0.6) is 5.75 Å². The van der Waals surface area contributed by atoms with Gasteiger partial charge in [0.25, 0.3) is 0 Å². The number of fused-ring (bicyclic) bond motifs is 1. The molecular formula is C14H10Cl2N6OS. The summed E-state index contributed by atoms with van der Waals surface area (Å²) in [7, 11) is 3.40. The van der Waals surface area contributed by atoms with Gasteiger partial charge in [0, 0.05) is 12.1 Å². The maximum Gasteiger partial charge on any atom is 0.235 e. The Morgan fingerprint density at radius 1 is 1.21 bits per heavy atom. The first-order chi connectivity index (χ1) is 11.6. The average Bonchev–Trinajstić information content (AvgIpc) is 3.21. The quantitative estimate of drug-likeness (QED) is 0.543. The Balaban J connectivity index is 1.92. The monoisotopic (exact) mass is 380 g/mol. The van der Waals surface area contributed by atoms with Crippen LogP contribution in [0.1, 0.15) is 0 Å². The highest BCUT2D eigenvalue weighted by atomic mass is 35.5. The van der Waals surface area contributed by atoms with Crippen LogP contribution in [0.2, 0.25) is 10.0 Å². The second kappa shape index (κ2) is 5.73. The van der Waals surface area contributed by atoms with Gasteiger partial charge in [-0.15, -0.1) is 10.2 Å². The normalized spacial score (nSPS) is 11.3. The minimum Gasteiger partial charge on any atom is -0.496 e. The molecule has 24 heavy (non-hydrogen) atoms. The highest BCUT2D eigenvalue weighted by Crippen LogP contribution is 2.35. The standard InChI is InChI=1S/C14H10Cl2N6OS/c1-21-11(9(16)6-17-21)13-20-22-12(18-19-14(22)24-13)8-5-7(15)3-4-10(8)23-2/h3-6H,1-2H3. The lowest BCUT2D eigenvalue weighted by atomic mass is 10.2. The van der Waals surface area contributed by atoms with E-state index in [9.17, 15) is 0 Å². The van der Waals surface area contributed by atoms with E-state index in [-0.39, 0.29) is 0 Å². The predicted molar refractivity (Wildman–Crippen MR) is 92.9 cm³/mol. The summed E-state index contributed by atoms with van der Waals surface area (Å²) in [5.74, 6) is 1.19. The topological polar surface area (TPSA) is 70.1 Å². The van der Waals surface area contributed by atoms with Crippen LogP contribution >= 0.6 is 34.5 Å². The van der Waals surface area contributed by atoms with Gasteiger partial charge in [0.05, 0.1) is 23.9 Å². The molecule has 10 heteroatoms. The van der Waals surface area contributed by atoms with Gasteiger partial charge in [-0.05, 0) is 18.2 Å². The van der Waals surface area contributed by atoms with Gasteiger partial charge in [-0.25, -0.2) is 0 Å². The second-order valence-electron chi connectivity index (χ2n) is 4.93. The molecule has 7 nitrogen and oxygen atoms in total. The van der Waals surface area contributed by atoms with E-state index in [0.717, 1.165) is 5.69 Å². The molecule has 4 aromatic rings. The Bertz CT molecular complexity index is 1030. The largest absolute Gasteiger partial charge is 0.496 e. The van der Waals surface area contributed by atoms with E-state index in [2.05, 4.69) is 20.4 Å². The van der Waals surface area contributed by atoms with Crippen molar-refractivity contribution in [1.29, 1.82) is 0 Å². The fourth-order valence-electron chi connectivity index (χ4n) is 2.39. The Kier molecular flexibility index (Phi) is 3.67. The number of aryl methyl sites for hydroxylation is 1. The minimum atomic E-state index is 0.532. The maximum atomic E-state index is 6.20. The summed E-state index contributed by atoms with van der Waals surface area (Å²) in [5.41, 5.74) is 1.45. The van der Waals surface area contributed by atoms with E-state index in [1.807, 2.05) is 7.05 Å². The molecule has 1 aromatic carbocycles. The molecule has 3 heterocycles. The van der Waals surface area contributed by atoms with Crippen molar-refractivity contribution >= 4 is 39.5 Å². The van der Waals surface area contributed by atoms with Gasteiger partial charge in [-0.2, -0.15) is 14.7 Å². The molecule has 0 aliphatic carbocycles. The fraction of sp³-hybridized carbons (Fsp3) is 0.143. The maximum absolute atomic E-state index is 6.20. The number of hydrogen-bond donors (Lipinski definition) is 0. The van der Waals surface area contributed by atoms with Crippen LogP contribution in [0.3, 0.4) is 0 Å². The van der Waals surface area contributed by atoms with Crippen LogP contribution < -0.4 is 4.74 Å². The number of aromatic nitrogens is 6. The molecule has 0 bridgehead atoms. The van der Waals surface area contributed by atoms with Crippen molar-refractivity contribution in [1.82, 2.24) is 29.6 Å². The van der Waals surface area contributed by atoms with E-state index in [1.54, 1.807) is 40.7 Å². The van der Waals surface area contributed by atoms with E-state index in [4.69, 9.17) is 27.9 Å². The van der Waals surface area contributed by atoms with Crippen LogP contribution in [0.25, 0.3) is 27.1 Å². The van der Waals surface area contributed by atoms with E-state index < -0.39 is 0 Å². The molecule has 0 saturated carbocycles. The Hall–Kier alpha value is -2.16. The third kappa shape index (κ3) is 2.34. The van der Waals surface area contributed by atoms with Crippen molar-refractivity contribution in [2.75, 3.05) is 7.11 Å². The molecule has 4 rings (SSSR count). The second-order valence-corrected chi connectivity index (χ2v) is 6.73. The Morgan fingerprint density at radius 2 is 2.04 bits per heavy atom.